The number of rotatable bonds is 7. The van der Waals surface area contributed by atoms with Crippen LogP contribution in [0.2, 0.25) is 0 Å². The standard InChI is InChI=1S/C22H24N2O5S/c1-4-20(25)24-16-11-9-15(10-12-16)14(2)23-22(26)21-18(13-30(3,27)28)17-7-5-6-8-19(17)29-21/h5-12,14H,4,13H2,1-3H3,(H,23,26)(H,24,25). The average molecular weight is 429 g/mol. The van der Waals surface area contributed by atoms with E-state index in [1.165, 1.54) is 0 Å². The molecule has 7 nitrogen and oxygen atoms in total. The minimum absolute atomic E-state index is 0.000282. The molecule has 0 bridgehead atoms. The number of hydrogen-bond acceptors (Lipinski definition) is 5. The topological polar surface area (TPSA) is 105 Å². The zero-order chi connectivity index (χ0) is 21.9. The predicted molar refractivity (Wildman–Crippen MR) is 116 cm³/mol. The number of furan rings is 1. The van der Waals surface area contributed by atoms with Crippen LogP contribution in [0.25, 0.3) is 11.0 Å². The fourth-order valence-corrected chi connectivity index (χ4v) is 3.95. The van der Waals surface area contributed by atoms with Gasteiger partial charge in [0.25, 0.3) is 5.91 Å². The highest BCUT2D eigenvalue weighted by atomic mass is 32.2. The molecule has 0 aliphatic heterocycles. The summed E-state index contributed by atoms with van der Waals surface area (Å²) in [6, 6.07) is 13.8. The first kappa shape index (κ1) is 21.6. The van der Waals surface area contributed by atoms with Gasteiger partial charge in [-0.25, -0.2) is 8.42 Å². The van der Waals surface area contributed by atoms with E-state index in [2.05, 4.69) is 10.6 Å². The van der Waals surface area contributed by atoms with Crippen LogP contribution in [0.15, 0.2) is 52.9 Å². The summed E-state index contributed by atoms with van der Waals surface area (Å²) in [7, 11) is -3.37. The van der Waals surface area contributed by atoms with E-state index in [9.17, 15) is 18.0 Å². The third-order valence-corrected chi connectivity index (χ3v) is 5.49. The van der Waals surface area contributed by atoms with Gasteiger partial charge in [0.1, 0.15) is 5.58 Å². The number of hydrogen-bond donors (Lipinski definition) is 2. The van der Waals surface area contributed by atoms with E-state index in [1.807, 2.05) is 19.1 Å². The second kappa shape index (κ2) is 8.71. The van der Waals surface area contributed by atoms with Gasteiger partial charge in [0.05, 0.1) is 11.8 Å². The van der Waals surface area contributed by atoms with Gasteiger partial charge < -0.3 is 15.1 Å². The molecule has 3 aromatic rings. The largest absolute Gasteiger partial charge is 0.451 e. The fourth-order valence-electron chi connectivity index (χ4n) is 3.14. The maximum absolute atomic E-state index is 12.9. The van der Waals surface area contributed by atoms with Crippen molar-refractivity contribution in [2.75, 3.05) is 11.6 Å². The molecule has 0 fully saturated rings. The summed E-state index contributed by atoms with van der Waals surface area (Å²) >= 11 is 0. The smallest absolute Gasteiger partial charge is 0.287 e. The Labute approximate surface area is 175 Å². The molecule has 0 aliphatic rings. The lowest BCUT2D eigenvalue weighted by Gasteiger charge is -2.15. The summed E-state index contributed by atoms with van der Waals surface area (Å²) in [5, 5.41) is 6.23. The van der Waals surface area contributed by atoms with Crippen molar-refractivity contribution in [3.8, 4) is 0 Å². The molecular formula is C22H24N2O5S. The number of carbonyl (C=O) groups excluding carboxylic acids is 2. The Bertz CT molecular complexity index is 1180. The summed E-state index contributed by atoms with van der Waals surface area (Å²) in [6.45, 7) is 3.59. The lowest BCUT2D eigenvalue weighted by Crippen LogP contribution is -2.27. The Hall–Kier alpha value is -3.13. The van der Waals surface area contributed by atoms with E-state index < -0.39 is 15.7 Å². The Morgan fingerprint density at radius 2 is 1.73 bits per heavy atom. The summed E-state index contributed by atoms with van der Waals surface area (Å²) < 4.78 is 29.5. The van der Waals surface area contributed by atoms with Gasteiger partial charge in [0, 0.05) is 29.3 Å². The van der Waals surface area contributed by atoms with Crippen LogP contribution in [0.3, 0.4) is 0 Å². The minimum atomic E-state index is -3.37. The van der Waals surface area contributed by atoms with E-state index in [1.54, 1.807) is 43.3 Å². The Morgan fingerprint density at radius 1 is 1.07 bits per heavy atom. The maximum Gasteiger partial charge on any atom is 0.287 e. The number of anilines is 1. The number of nitrogens with one attached hydrogen (secondary N) is 2. The predicted octanol–water partition coefficient (Wildman–Crippen LogP) is 3.82. The molecule has 0 aliphatic carbocycles. The zero-order valence-corrected chi connectivity index (χ0v) is 17.9. The first-order chi connectivity index (χ1) is 14.2. The van der Waals surface area contributed by atoms with Crippen molar-refractivity contribution in [2.45, 2.75) is 32.1 Å². The highest BCUT2D eigenvalue weighted by molar-refractivity contribution is 7.89. The molecule has 1 aromatic heterocycles. The van der Waals surface area contributed by atoms with Gasteiger partial charge in [-0.05, 0) is 30.7 Å². The second-order valence-electron chi connectivity index (χ2n) is 7.19. The molecule has 0 saturated heterocycles. The van der Waals surface area contributed by atoms with Crippen molar-refractivity contribution in [1.29, 1.82) is 0 Å². The van der Waals surface area contributed by atoms with Crippen molar-refractivity contribution >= 4 is 38.3 Å². The third-order valence-electron chi connectivity index (χ3n) is 4.67. The van der Waals surface area contributed by atoms with Crippen molar-refractivity contribution < 1.29 is 22.4 Å². The lowest BCUT2D eigenvalue weighted by atomic mass is 10.1. The molecule has 0 radical (unpaired) electrons. The number of para-hydroxylation sites is 1. The minimum Gasteiger partial charge on any atom is -0.451 e. The van der Waals surface area contributed by atoms with E-state index in [4.69, 9.17) is 4.42 Å². The number of amides is 2. The van der Waals surface area contributed by atoms with Gasteiger partial charge in [-0.2, -0.15) is 0 Å². The maximum atomic E-state index is 12.9. The first-order valence-corrected chi connectivity index (χ1v) is 11.6. The average Bonchev–Trinajstić information content (AvgIpc) is 3.05. The SMILES string of the molecule is CCC(=O)Nc1ccc(C(C)NC(=O)c2oc3ccccc3c2CS(C)(=O)=O)cc1. The lowest BCUT2D eigenvalue weighted by molar-refractivity contribution is -0.115. The van der Waals surface area contributed by atoms with Gasteiger partial charge in [-0.15, -0.1) is 0 Å². The van der Waals surface area contributed by atoms with E-state index in [0.717, 1.165) is 11.8 Å². The quantitative estimate of drug-likeness (QED) is 0.595. The van der Waals surface area contributed by atoms with Gasteiger partial charge in [-0.3, -0.25) is 9.59 Å². The fraction of sp³-hybridized carbons (Fsp3) is 0.273. The molecule has 3 rings (SSSR count). The summed E-state index contributed by atoms with van der Waals surface area (Å²) in [5.74, 6) is -0.846. The van der Waals surface area contributed by atoms with Crippen molar-refractivity contribution in [3.63, 3.8) is 0 Å². The molecule has 1 atom stereocenters. The van der Waals surface area contributed by atoms with Gasteiger partial charge >= 0.3 is 0 Å². The van der Waals surface area contributed by atoms with E-state index in [0.29, 0.717) is 28.6 Å². The van der Waals surface area contributed by atoms with Crippen LogP contribution in [0.1, 0.15) is 48.0 Å². The molecular weight excluding hydrogens is 404 g/mol. The van der Waals surface area contributed by atoms with Crippen molar-refractivity contribution in [1.82, 2.24) is 5.32 Å². The van der Waals surface area contributed by atoms with Gasteiger partial charge in [0.2, 0.25) is 5.91 Å². The normalized spacial score (nSPS) is 12.5. The molecule has 2 aromatic carbocycles. The molecule has 8 heteroatoms. The van der Waals surface area contributed by atoms with Crippen LogP contribution in [-0.2, 0) is 20.4 Å². The molecule has 1 unspecified atom stereocenters. The molecule has 158 valence electrons. The van der Waals surface area contributed by atoms with E-state index >= 15 is 0 Å². The molecule has 0 spiro atoms. The Kier molecular flexibility index (Phi) is 6.26. The van der Waals surface area contributed by atoms with Crippen LogP contribution >= 0.6 is 0 Å². The zero-order valence-electron chi connectivity index (χ0n) is 17.1. The van der Waals surface area contributed by atoms with Crippen molar-refractivity contribution in [3.05, 3.63) is 65.4 Å². The highest BCUT2D eigenvalue weighted by Crippen LogP contribution is 2.28. The highest BCUT2D eigenvalue weighted by Gasteiger charge is 2.24. The van der Waals surface area contributed by atoms with Crippen LogP contribution in [0, 0.1) is 0 Å². The van der Waals surface area contributed by atoms with Gasteiger partial charge in [-0.1, -0.05) is 37.3 Å². The number of carbonyl (C=O) groups is 2. The van der Waals surface area contributed by atoms with Crippen LogP contribution in [0.4, 0.5) is 5.69 Å². The van der Waals surface area contributed by atoms with Crippen molar-refractivity contribution in [2.24, 2.45) is 0 Å². The Balaban J connectivity index is 1.82. The second-order valence-corrected chi connectivity index (χ2v) is 9.34. The summed E-state index contributed by atoms with van der Waals surface area (Å²) in [4.78, 5) is 24.4. The number of fused-ring (bicyclic) bond motifs is 1. The Morgan fingerprint density at radius 3 is 2.37 bits per heavy atom. The summed E-state index contributed by atoms with van der Waals surface area (Å²) in [5.41, 5.74) is 2.33. The molecule has 2 amide bonds. The summed E-state index contributed by atoms with van der Waals surface area (Å²) in [6.07, 6.45) is 1.51. The molecule has 2 N–H and O–H groups in total. The molecule has 30 heavy (non-hydrogen) atoms. The number of sulfone groups is 1. The van der Waals surface area contributed by atoms with E-state index in [-0.39, 0.29) is 23.5 Å². The first-order valence-electron chi connectivity index (χ1n) is 9.56. The van der Waals surface area contributed by atoms with Gasteiger partial charge in [0.15, 0.2) is 15.6 Å². The van der Waals surface area contributed by atoms with Crippen LogP contribution < -0.4 is 10.6 Å². The third kappa shape index (κ3) is 5.07. The number of benzene rings is 2. The van der Waals surface area contributed by atoms with Crippen LogP contribution in [0.5, 0.6) is 0 Å². The van der Waals surface area contributed by atoms with Crippen LogP contribution in [-0.4, -0.2) is 26.5 Å². The molecule has 1 heterocycles. The monoisotopic (exact) mass is 428 g/mol. The molecule has 0 saturated carbocycles.